The standard InChI is InChI=1S/C26H20F6O/c1-2-3-15-4-6-16(7-5-15)17-8-10-20-19(12-17)14-22(28)24(25(20)29)18-9-11-23(21(27)13-18)33-26(30,31)32/h4-9,11,13-14H,2-3,10,12H2,1H3. The minimum atomic E-state index is -5.08. The van der Waals surface area contributed by atoms with Crippen LogP contribution < -0.4 is 4.74 Å². The quantitative estimate of drug-likeness (QED) is 0.352. The molecule has 0 radical (unpaired) electrons. The number of ether oxygens (including phenoxy) is 1. The molecule has 0 heterocycles. The SMILES string of the molecule is CCCc1ccc(C2=CCc3c(cc(F)c(-c4ccc(OC(F)(F)F)c(F)c4)c3F)C2)cc1. The second kappa shape index (κ2) is 8.96. The highest BCUT2D eigenvalue weighted by Gasteiger charge is 2.32. The average molecular weight is 462 g/mol. The van der Waals surface area contributed by atoms with E-state index in [1.165, 1.54) is 11.6 Å². The second-order valence-electron chi connectivity index (χ2n) is 7.94. The first kappa shape index (κ1) is 23.0. The molecule has 0 N–H and O–H groups in total. The highest BCUT2D eigenvalue weighted by Crippen LogP contribution is 2.37. The molecule has 0 spiro atoms. The van der Waals surface area contributed by atoms with E-state index in [-0.39, 0.29) is 17.5 Å². The van der Waals surface area contributed by atoms with Gasteiger partial charge in [-0.05, 0) is 70.9 Å². The molecule has 0 amide bonds. The molecule has 0 fully saturated rings. The van der Waals surface area contributed by atoms with Crippen molar-refractivity contribution in [1.29, 1.82) is 0 Å². The third kappa shape index (κ3) is 4.92. The van der Waals surface area contributed by atoms with Gasteiger partial charge in [0.25, 0.3) is 0 Å². The molecule has 0 bridgehead atoms. The number of allylic oxidation sites excluding steroid dienone is 2. The van der Waals surface area contributed by atoms with Crippen molar-refractivity contribution in [1.82, 2.24) is 0 Å². The maximum absolute atomic E-state index is 15.3. The topological polar surface area (TPSA) is 9.23 Å². The number of rotatable bonds is 5. The Kier molecular flexibility index (Phi) is 6.23. The molecule has 7 heteroatoms. The van der Waals surface area contributed by atoms with Crippen molar-refractivity contribution in [2.24, 2.45) is 0 Å². The molecule has 3 aromatic rings. The van der Waals surface area contributed by atoms with Crippen LogP contribution in [0, 0.1) is 17.5 Å². The number of aryl methyl sites for hydroxylation is 1. The monoisotopic (exact) mass is 462 g/mol. The van der Waals surface area contributed by atoms with E-state index in [1.54, 1.807) is 0 Å². The lowest BCUT2D eigenvalue weighted by Gasteiger charge is -2.21. The van der Waals surface area contributed by atoms with Crippen LogP contribution in [0.1, 0.15) is 35.6 Å². The van der Waals surface area contributed by atoms with Crippen molar-refractivity contribution in [3.05, 3.63) is 94.3 Å². The van der Waals surface area contributed by atoms with E-state index >= 15 is 4.39 Å². The molecule has 0 aliphatic heterocycles. The van der Waals surface area contributed by atoms with Crippen LogP contribution in [0.15, 0.2) is 54.6 Å². The van der Waals surface area contributed by atoms with Crippen molar-refractivity contribution >= 4 is 5.57 Å². The molecule has 0 saturated carbocycles. The fourth-order valence-corrected chi connectivity index (χ4v) is 4.11. The van der Waals surface area contributed by atoms with Crippen LogP contribution in [0.3, 0.4) is 0 Å². The van der Waals surface area contributed by atoms with Gasteiger partial charge in [0, 0.05) is 0 Å². The van der Waals surface area contributed by atoms with Gasteiger partial charge < -0.3 is 4.74 Å². The highest BCUT2D eigenvalue weighted by atomic mass is 19.4. The van der Waals surface area contributed by atoms with E-state index in [1.807, 2.05) is 30.3 Å². The van der Waals surface area contributed by atoms with Gasteiger partial charge >= 0.3 is 6.36 Å². The van der Waals surface area contributed by atoms with Gasteiger partial charge in [-0.2, -0.15) is 0 Å². The summed E-state index contributed by atoms with van der Waals surface area (Å²) in [4.78, 5) is 0. The van der Waals surface area contributed by atoms with E-state index in [0.29, 0.717) is 24.1 Å². The highest BCUT2D eigenvalue weighted by molar-refractivity contribution is 5.74. The van der Waals surface area contributed by atoms with Crippen LogP contribution >= 0.6 is 0 Å². The molecule has 33 heavy (non-hydrogen) atoms. The fraction of sp³-hybridized carbons (Fsp3) is 0.231. The number of fused-ring (bicyclic) bond motifs is 1. The molecule has 3 aromatic carbocycles. The Morgan fingerprint density at radius 1 is 0.879 bits per heavy atom. The van der Waals surface area contributed by atoms with E-state index in [2.05, 4.69) is 11.7 Å². The molecule has 0 atom stereocenters. The summed E-state index contributed by atoms with van der Waals surface area (Å²) in [6.07, 6.45) is -0.626. The molecular weight excluding hydrogens is 442 g/mol. The van der Waals surface area contributed by atoms with Crippen LogP contribution in [0.25, 0.3) is 16.7 Å². The molecule has 1 aliphatic carbocycles. The Hall–Kier alpha value is -3.22. The zero-order valence-corrected chi connectivity index (χ0v) is 17.7. The van der Waals surface area contributed by atoms with E-state index in [0.717, 1.165) is 30.0 Å². The number of hydrogen-bond donors (Lipinski definition) is 0. The first-order valence-electron chi connectivity index (χ1n) is 10.5. The summed E-state index contributed by atoms with van der Waals surface area (Å²) in [6, 6.07) is 11.6. The molecule has 0 aromatic heterocycles. The number of alkyl halides is 3. The lowest BCUT2D eigenvalue weighted by Crippen LogP contribution is -2.18. The van der Waals surface area contributed by atoms with Gasteiger partial charge in [-0.25, -0.2) is 13.2 Å². The van der Waals surface area contributed by atoms with Crippen molar-refractivity contribution in [2.75, 3.05) is 0 Å². The zero-order chi connectivity index (χ0) is 23.8. The first-order chi connectivity index (χ1) is 15.7. The first-order valence-corrected chi connectivity index (χ1v) is 10.5. The number of benzene rings is 3. The largest absolute Gasteiger partial charge is 0.573 e. The normalized spacial score (nSPS) is 13.5. The maximum atomic E-state index is 15.3. The Labute approximate surface area is 187 Å². The van der Waals surface area contributed by atoms with E-state index < -0.39 is 35.1 Å². The summed E-state index contributed by atoms with van der Waals surface area (Å²) in [5.74, 6) is -4.19. The predicted molar refractivity (Wildman–Crippen MR) is 114 cm³/mol. The van der Waals surface area contributed by atoms with Crippen LogP contribution in [0.5, 0.6) is 5.75 Å². The summed E-state index contributed by atoms with van der Waals surface area (Å²) in [5, 5.41) is 0. The summed E-state index contributed by atoms with van der Waals surface area (Å²) >= 11 is 0. The van der Waals surface area contributed by atoms with Crippen molar-refractivity contribution in [3.63, 3.8) is 0 Å². The molecular formula is C26H20F6O. The van der Waals surface area contributed by atoms with Crippen LogP contribution in [-0.2, 0) is 19.3 Å². The molecule has 1 nitrogen and oxygen atoms in total. The van der Waals surface area contributed by atoms with Gasteiger partial charge in [0.1, 0.15) is 11.6 Å². The zero-order valence-electron chi connectivity index (χ0n) is 17.7. The number of halogens is 6. The minimum absolute atomic E-state index is 0.207. The lowest BCUT2D eigenvalue weighted by molar-refractivity contribution is -0.275. The van der Waals surface area contributed by atoms with Crippen LogP contribution in [-0.4, -0.2) is 6.36 Å². The number of hydrogen-bond acceptors (Lipinski definition) is 1. The summed E-state index contributed by atoms with van der Waals surface area (Å²) in [7, 11) is 0. The predicted octanol–water partition coefficient (Wildman–Crippen LogP) is 7.80. The smallest absolute Gasteiger partial charge is 0.403 e. The Morgan fingerprint density at radius 2 is 1.58 bits per heavy atom. The van der Waals surface area contributed by atoms with Crippen molar-refractivity contribution in [3.8, 4) is 16.9 Å². The third-order valence-electron chi connectivity index (χ3n) is 5.65. The summed E-state index contributed by atoms with van der Waals surface area (Å²) < 4.78 is 84.9. The van der Waals surface area contributed by atoms with Crippen LogP contribution in [0.4, 0.5) is 26.3 Å². The van der Waals surface area contributed by atoms with E-state index in [4.69, 9.17) is 0 Å². The minimum Gasteiger partial charge on any atom is -0.403 e. The Balaban J connectivity index is 1.64. The van der Waals surface area contributed by atoms with Gasteiger partial charge in [-0.1, -0.05) is 49.8 Å². The molecule has 0 unspecified atom stereocenters. The maximum Gasteiger partial charge on any atom is 0.573 e. The van der Waals surface area contributed by atoms with Gasteiger partial charge in [0.15, 0.2) is 11.6 Å². The lowest BCUT2D eigenvalue weighted by atomic mass is 9.85. The Morgan fingerprint density at radius 3 is 2.21 bits per heavy atom. The molecule has 172 valence electrons. The average Bonchev–Trinajstić information content (AvgIpc) is 2.75. The van der Waals surface area contributed by atoms with E-state index in [9.17, 15) is 22.0 Å². The third-order valence-corrected chi connectivity index (χ3v) is 5.65. The van der Waals surface area contributed by atoms with Gasteiger partial charge in [0.2, 0.25) is 0 Å². The molecule has 0 saturated heterocycles. The van der Waals surface area contributed by atoms with Crippen molar-refractivity contribution in [2.45, 2.75) is 39.0 Å². The van der Waals surface area contributed by atoms with Gasteiger partial charge in [0.05, 0.1) is 5.56 Å². The van der Waals surface area contributed by atoms with Crippen molar-refractivity contribution < 1.29 is 31.1 Å². The molecule has 1 aliphatic rings. The second-order valence-corrected chi connectivity index (χ2v) is 7.94. The summed E-state index contributed by atoms with van der Waals surface area (Å²) in [5.41, 5.74) is 3.24. The fourth-order valence-electron chi connectivity index (χ4n) is 4.11. The van der Waals surface area contributed by atoms with Gasteiger partial charge in [-0.15, -0.1) is 13.2 Å². The Bertz CT molecular complexity index is 1210. The van der Waals surface area contributed by atoms with Crippen LogP contribution in [0.2, 0.25) is 0 Å². The molecule has 4 rings (SSSR count). The van der Waals surface area contributed by atoms with Gasteiger partial charge in [-0.3, -0.25) is 0 Å². The summed E-state index contributed by atoms with van der Waals surface area (Å²) in [6.45, 7) is 2.10.